The van der Waals surface area contributed by atoms with Crippen molar-refractivity contribution in [3.63, 3.8) is 0 Å². The van der Waals surface area contributed by atoms with Crippen molar-refractivity contribution in [3.05, 3.63) is 0 Å². The Hall–Kier alpha value is -0.530. The molecule has 4 nitrogen and oxygen atoms in total. The predicted molar refractivity (Wildman–Crippen MR) is 71.6 cm³/mol. The third kappa shape index (κ3) is 3.77. The lowest BCUT2D eigenvalue weighted by atomic mass is 9.90. The molecule has 0 spiro atoms. The third-order valence-electron chi connectivity index (χ3n) is 4.16. The van der Waals surface area contributed by atoms with Gasteiger partial charge in [0.2, 0.25) is 5.91 Å². The molecule has 20 heavy (non-hydrogen) atoms. The predicted octanol–water partition coefficient (Wildman–Crippen LogP) is 1.24. The second-order valence-electron chi connectivity index (χ2n) is 5.91. The van der Waals surface area contributed by atoms with E-state index in [9.17, 15) is 18.0 Å². The molecule has 8 heteroatoms. The molecule has 2 aliphatic rings. The molecule has 2 aliphatic heterocycles. The fourth-order valence-electron chi connectivity index (χ4n) is 2.93. The Morgan fingerprint density at radius 2 is 2.05 bits per heavy atom. The first kappa shape index (κ1) is 17.5. The van der Waals surface area contributed by atoms with Crippen LogP contribution in [0.4, 0.5) is 13.2 Å². The van der Waals surface area contributed by atoms with Crippen molar-refractivity contribution >= 4 is 18.3 Å². The number of carbonyl (C=O) groups is 1. The number of likely N-dealkylation sites (tertiary alicyclic amines) is 2. The van der Waals surface area contributed by atoms with Gasteiger partial charge in [-0.25, -0.2) is 0 Å². The number of hydrogen-bond acceptors (Lipinski definition) is 3. The molecular formula is C12H21ClF3N3O. The molecule has 0 aromatic carbocycles. The summed E-state index contributed by atoms with van der Waals surface area (Å²) in [6.07, 6.45) is -2.94. The normalized spacial score (nSPS) is 31.8. The summed E-state index contributed by atoms with van der Waals surface area (Å²) in [7, 11) is 0. The van der Waals surface area contributed by atoms with Crippen molar-refractivity contribution < 1.29 is 18.0 Å². The first-order valence-electron chi connectivity index (χ1n) is 6.54. The van der Waals surface area contributed by atoms with Gasteiger partial charge in [-0.2, -0.15) is 13.2 Å². The Balaban J connectivity index is 0.00000200. The van der Waals surface area contributed by atoms with Crippen LogP contribution in [0.25, 0.3) is 0 Å². The number of carbonyl (C=O) groups excluding carboxylic acids is 1. The molecule has 2 heterocycles. The van der Waals surface area contributed by atoms with E-state index in [-0.39, 0.29) is 24.4 Å². The summed E-state index contributed by atoms with van der Waals surface area (Å²) >= 11 is 0. The molecule has 0 radical (unpaired) electrons. The first-order chi connectivity index (χ1) is 8.74. The highest BCUT2D eigenvalue weighted by molar-refractivity contribution is 5.85. The zero-order chi connectivity index (χ0) is 14.3. The van der Waals surface area contributed by atoms with E-state index in [1.807, 2.05) is 4.90 Å². The van der Waals surface area contributed by atoms with E-state index in [4.69, 9.17) is 5.73 Å². The van der Waals surface area contributed by atoms with Crippen molar-refractivity contribution in [3.8, 4) is 0 Å². The average Bonchev–Trinajstić information content (AvgIpc) is 2.84. The number of hydrogen-bond donors (Lipinski definition) is 1. The Kier molecular flexibility index (Phi) is 5.32. The largest absolute Gasteiger partial charge is 0.406 e. The quantitative estimate of drug-likeness (QED) is 0.852. The molecular weight excluding hydrogens is 295 g/mol. The average molecular weight is 316 g/mol. The molecule has 0 bridgehead atoms. The third-order valence-corrected chi connectivity index (χ3v) is 4.16. The molecule has 2 saturated heterocycles. The van der Waals surface area contributed by atoms with Crippen LogP contribution in [-0.2, 0) is 4.79 Å². The van der Waals surface area contributed by atoms with Crippen LogP contribution in [0.3, 0.4) is 0 Å². The lowest BCUT2D eigenvalue weighted by molar-refractivity contribution is -0.159. The molecule has 118 valence electrons. The number of alkyl halides is 3. The van der Waals surface area contributed by atoms with Crippen molar-refractivity contribution in [1.29, 1.82) is 0 Å². The highest BCUT2D eigenvalue weighted by Crippen LogP contribution is 2.33. The van der Waals surface area contributed by atoms with E-state index >= 15 is 0 Å². The van der Waals surface area contributed by atoms with Crippen LogP contribution in [0.15, 0.2) is 0 Å². The van der Waals surface area contributed by atoms with Crippen molar-refractivity contribution in [2.75, 3.05) is 32.7 Å². The summed E-state index contributed by atoms with van der Waals surface area (Å²) in [5.41, 5.74) is 5.69. The second-order valence-corrected chi connectivity index (χ2v) is 5.91. The Labute approximate surface area is 122 Å². The van der Waals surface area contributed by atoms with Crippen LogP contribution in [0.5, 0.6) is 0 Å². The van der Waals surface area contributed by atoms with Crippen molar-refractivity contribution in [2.24, 2.45) is 11.1 Å². The van der Waals surface area contributed by atoms with Gasteiger partial charge < -0.3 is 10.6 Å². The summed E-state index contributed by atoms with van der Waals surface area (Å²) in [6, 6.07) is -0.393. The fourth-order valence-corrected chi connectivity index (χ4v) is 2.93. The minimum absolute atomic E-state index is 0. The van der Waals surface area contributed by atoms with E-state index < -0.39 is 24.7 Å². The zero-order valence-corrected chi connectivity index (χ0v) is 12.3. The molecule has 2 N–H and O–H groups in total. The summed E-state index contributed by atoms with van der Waals surface area (Å²) < 4.78 is 37.0. The number of nitrogens with two attached hydrogens (primary N) is 1. The second kappa shape index (κ2) is 6.07. The molecule has 0 saturated carbocycles. The molecule has 0 aromatic rings. The minimum Gasteiger partial charge on any atom is -0.332 e. The lowest BCUT2D eigenvalue weighted by Gasteiger charge is -2.26. The van der Waals surface area contributed by atoms with Gasteiger partial charge in [0.15, 0.2) is 0 Å². The number of rotatable bonds is 3. The van der Waals surface area contributed by atoms with Gasteiger partial charge in [0, 0.05) is 13.1 Å². The van der Waals surface area contributed by atoms with Gasteiger partial charge in [-0.15, -0.1) is 12.4 Å². The number of halogens is 4. The Bertz CT molecular complexity index is 366. The maximum atomic E-state index is 12.3. The van der Waals surface area contributed by atoms with Gasteiger partial charge in [0.05, 0.1) is 6.04 Å². The monoisotopic (exact) mass is 315 g/mol. The number of nitrogens with zero attached hydrogens (tertiary/aromatic N) is 2. The van der Waals surface area contributed by atoms with Crippen LogP contribution in [-0.4, -0.2) is 60.6 Å². The Morgan fingerprint density at radius 1 is 1.40 bits per heavy atom. The first-order valence-corrected chi connectivity index (χ1v) is 6.54. The standard InChI is InChI=1S/C12H20F3N3O.ClH/c1-11(6-16)3-5-17(7-11)9-2-4-18(10(9)19)8-12(13,14)15;/h9H,2-8,16H2,1H3;1H. The topological polar surface area (TPSA) is 49.6 Å². The Morgan fingerprint density at radius 3 is 2.55 bits per heavy atom. The van der Waals surface area contributed by atoms with Crippen molar-refractivity contribution in [2.45, 2.75) is 32.0 Å². The molecule has 2 atom stereocenters. The molecule has 2 rings (SSSR count). The van der Waals surface area contributed by atoms with E-state index in [1.54, 1.807) is 0 Å². The maximum Gasteiger partial charge on any atom is 0.406 e. The van der Waals surface area contributed by atoms with Crippen LogP contribution < -0.4 is 5.73 Å². The highest BCUT2D eigenvalue weighted by Gasteiger charge is 2.44. The van der Waals surface area contributed by atoms with Crippen LogP contribution in [0.2, 0.25) is 0 Å². The van der Waals surface area contributed by atoms with Gasteiger partial charge >= 0.3 is 6.18 Å². The van der Waals surface area contributed by atoms with E-state index in [0.717, 1.165) is 17.9 Å². The molecule has 0 aliphatic carbocycles. The molecule has 1 amide bonds. The van der Waals surface area contributed by atoms with Crippen LogP contribution in [0.1, 0.15) is 19.8 Å². The van der Waals surface area contributed by atoms with Gasteiger partial charge in [-0.1, -0.05) is 6.92 Å². The van der Waals surface area contributed by atoms with Crippen LogP contribution in [0, 0.1) is 5.41 Å². The van der Waals surface area contributed by atoms with E-state index in [1.165, 1.54) is 0 Å². The summed E-state index contributed by atoms with van der Waals surface area (Å²) in [6.45, 7) is 3.09. The van der Waals surface area contributed by atoms with E-state index in [0.29, 0.717) is 19.5 Å². The summed E-state index contributed by atoms with van der Waals surface area (Å²) in [5.74, 6) is -0.390. The van der Waals surface area contributed by atoms with Gasteiger partial charge in [0.1, 0.15) is 6.54 Å². The van der Waals surface area contributed by atoms with Gasteiger partial charge in [0.25, 0.3) is 0 Å². The summed E-state index contributed by atoms with van der Waals surface area (Å²) in [4.78, 5) is 14.9. The highest BCUT2D eigenvalue weighted by atomic mass is 35.5. The zero-order valence-electron chi connectivity index (χ0n) is 11.4. The molecule has 0 aromatic heterocycles. The SMILES string of the molecule is CC1(CN)CCN(C2CCN(CC(F)(F)F)C2=O)C1.Cl. The van der Waals surface area contributed by atoms with E-state index in [2.05, 4.69) is 6.92 Å². The molecule has 2 unspecified atom stereocenters. The fraction of sp³-hybridized carbons (Fsp3) is 0.917. The van der Waals surface area contributed by atoms with Crippen LogP contribution >= 0.6 is 12.4 Å². The number of amides is 1. The maximum absolute atomic E-state index is 12.3. The lowest BCUT2D eigenvalue weighted by Crippen LogP contribution is -2.44. The van der Waals surface area contributed by atoms with Gasteiger partial charge in [-0.05, 0) is 31.3 Å². The summed E-state index contributed by atoms with van der Waals surface area (Å²) in [5, 5.41) is 0. The minimum atomic E-state index is -4.32. The smallest absolute Gasteiger partial charge is 0.332 e. The molecule has 2 fully saturated rings. The van der Waals surface area contributed by atoms with Crippen molar-refractivity contribution in [1.82, 2.24) is 9.80 Å². The van der Waals surface area contributed by atoms with Gasteiger partial charge in [-0.3, -0.25) is 9.69 Å².